The van der Waals surface area contributed by atoms with E-state index in [0.717, 1.165) is 0 Å². The summed E-state index contributed by atoms with van der Waals surface area (Å²) in [7, 11) is 0. The molecule has 27 heavy (non-hydrogen) atoms. The largest absolute Gasteiger partial charge is 0.480 e. The van der Waals surface area contributed by atoms with Crippen molar-refractivity contribution in [1.29, 1.82) is 0 Å². The monoisotopic (exact) mass is 407 g/mol. The van der Waals surface area contributed by atoms with Crippen LogP contribution in [0.15, 0.2) is 0 Å². The summed E-state index contributed by atoms with van der Waals surface area (Å²) < 4.78 is 0. The first-order valence-corrected chi connectivity index (χ1v) is 9.12. The minimum atomic E-state index is -1.31. The van der Waals surface area contributed by atoms with Crippen molar-refractivity contribution in [2.24, 2.45) is 11.5 Å². The van der Waals surface area contributed by atoms with Crippen molar-refractivity contribution in [3.63, 3.8) is 0 Å². The molecule has 156 valence electrons. The minimum Gasteiger partial charge on any atom is -0.480 e. The average molecular weight is 407 g/mol. The van der Waals surface area contributed by atoms with Gasteiger partial charge in [0.05, 0.1) is 12.6 Å². The summed E-state index contributed by atoms with van der Waals surface area (Å²) in [5.41, 5.74) is 11.1. The Bertz CT molecular complexity index is 521. The van der Waals surface area contributed by atoms with Gasteiger partial charge in [0.25, 0.3) is 0 Å². The Morgan fingerprint density at radius 2 is 1.56 bits per heavy atom. The topological polar surface area (TPSA) is 197 Å². The number of carbonyl (C=O) groups excluding carboxylic acids is 3. The number of thiol groups is 1. The maximum Gasteiger partial charge on any atom is 0.325 e. The number of aliphatic hydroxyl groups is 1. The smallest absolute Gasteiger partial charge is 0.325 e. The third-order valence-electron chi connectivity index (χ3n) is 3.67. The summed E-state index contributed by atoms with van der Waals surface area (Å²) in [6.07, 6.45) is 1.72. The molecule has 0 saturated carbocycles. The van der Waals surface area contributed by atoms with Gasteiger partial charge in [0.1, 0.15) is 18.1 Å². The predicted octanol–water partition coefficient (Wildman–Crippen LogP) is -3.08. The standard InChI is InChI=1S/C15H29N5O6S/c1-8(15(25)26)18-14(24)11(7-27)20-13(23)10(6-21)19-12(22)9(17)4-2-3-5-16/h8-11,21,27H,2-7,16-17H2,1H3,(H,18,24)(H,19,22)(H,20,23)(H,25,26). The van der Waals surface area contributed by atoms with Crippen LogP contribution < -0.4 is 27.4 Å². The SMILES string of the molecule is CC(NC(=O)C(CS)NC(=O)C(CO)NC(=O)C(N)CCCCN)C(=O)O. The molecule has 9 N–H and O–H groups in total. The third kappa shape index (κ3) is 9.56. The second-order valence-corrected chi connectivity index (χ2v) is 6.31. The molecule has 0 fully saturated rings. The van der Waals surface area contributed by atoms with Crippen molar-refractivity contribution in [1.82, 2.24) is 16.0 Å². The summed E-state index contributed by atoms with van der Waals surface area (Å²) in [6.45, 7) is 1.03. The number of carboxylic acids is 1. The van der Waals surface area contributed by atoms with Gasteiger partial charge in [-0.15, -0.1) is 0 Å². The van der Waals surface area contributed by atoms with E-state index in [0.29, 0.717) is 25.8 Å². The number of hydrogen-bond donors (Lipinski definition) is 8. The lowest BCUT2D eigenvalue weighted by Gasteiger charge is -2.22. The molecule has 4 unspecified atom stereocenters. The molecule has 0 aliphatic heterocycles. The highest BCUT2D eigenvalue weighted by Gasteiger charge is 2.28. The molecular weight excluding hydrogens is 378 g/mol. The van der Waals surface area contributed by atoms with Gasteiger partial charge in [-0.2, -0.15) is 12.6 Å². The second-order valence-electron chi connectivity index (χ2n) is 5.95. The first kappa shape index (κ1) is 25.1. The fourth-order valence-corrected chi connectivity index (χ4v) is 2.21. The molecule has 3 amide bonds. The lowest BCUT2D eigenvalue weighted by molar-refractivity contribution is -0.141. The number of rotatable bonds is 13. The van der Waals surface area contributed by atoms with Crippen molar-refractivity contribution in [3.8, 4) is 0 Å². The Morgan fingerprint density at radius 1 is 1.00 bits per heavy atom. The maximum absolute atomic E-state index is 12.2. The molecule has 0 aliphatic carbocycles. The third-order valence-corrected chi connectivity index (χ3v) is 4.03. The fraction of sp³-hybridized carbons (Fsp3) is 0.733. The van der Waals surface area contributed by atoms with E-state index >= 15 is 0 Å². The Kier molecular flexibility index (Phi) is 12.4. The van der Waals surface area contributed by atoms with Gasteiger partial charge in [0, 0.05) is 5.75 Å². The van der Waals surface area contributed by atoms with Crippen molar-refractivity contribution in [2.75, 3.05) is 18.9 Å². The zero-order valence-corrected chi connectivity index (χ0v) is 16.1. The van der Waals surface area contributed by atoms with Gasteiger partial charge in [-0.05, 0) is 26.3 Å². The molecule has 11 nitrogen and oxygen atoms in total. The van der Waals surface area contributed by atoms with Crippen LogP contribution in [0.2, 0.25) is 0 Å². The Labute approximate surface area is 163 Å². The number of unbranched alkanes of at least 4 members (excludes halogenated alkanes) is 1. The van der Waals surface area contributed by atoms with E-state index in [9.17, 15) is 24.3 Å². The van der Waals surface area contributed by atoms with Crippen molar-refractivity contribution in [3.05, 3.63) is 0 Å². The number of nitrogens with two attached hydrogens (primary N) is 2. The van der Waals surface area contributed by atoms with E-state index in [1.54, 1.807) is 0 Å². The van der Waals surface area contributed by atoms with Crippen molar-refractivity contribution in [2.45, 2.75) is 50.4 Å². The molecule has 0 heterocycles. The summed E-state index contributed by atoms with van der Waals surface area (Å²) in [6, 6.07) is -4.48. The normalized spacial score (nSPS) is 15.1. The first-order chi connectivity index (χ1) is 12.7. The van der Waals surface area contributed by atoms with E-state index in [1.807, 2.05) is 0 Å². The van der Waals surface area contributed by atoms with Gasteiger partial charge < -0.3 is 37.6 Å². The average Bonchev–Trinajstić information content (AvgIpc) is 2.63. The van der Waals surface area contributed by atoms with Gasteiger partial charge >= 0.3 is 5.97 Å². The molecule has 4 atom stereocenters. The molecule has 0 spiro atoms. The highest BCUT2D eigenvalue weighted by molar-refractivity contribution is 7.80. The van der Waals surface area contributed by atoms with Crippen LogP contribution in [-0.4, -0.2) is 77.0 Å². The Balaban J connectivity index is 4.73. The number of aliphatic hydroxyl groups excluding tert-OH is 1. The number of carbonyl (C=O) groups is 4. The van der Waals surface area contributed by atoms with Crippen molar-refractivity contribution < 1.29 is 29.4 Å². The summed E-state index contributed by atoms with van der Waals surface area (Å²) in [4.78, 5) is 47.0. The molecule has 0 aromatic carbocycles. The fourth-order valence-electron chi connectivity index (χ4n) is 1.95. The number of nitrogens with one attached hydrogen (secondary N) is 3. The van der Waals surface area contributed by atoms with E-state index in [2.05, 4.69) is 28.6 Å². The molecule has 12 heteroatoms. The molecule has 0 bridgehead atoms. The Hall–Kier alpha value is -1.89. The van der Waals surface area contributed by atoms with Gasteiger partial charge in [0.2, 0.25) is 17.7 Å². The summed E-state index contributed by atoms with van der Waals surface area (Å²) >= 11 is 3.95. The summed E-state index contributed by atoms with van der Waals surface area (Å²) in [5.74, 6) is -3.55. The van der Waals surface area contributed by atoms with Gasteiger partial charge in [-0.3, -0.25) is 19.2 Å². The Morgan fingerprint density at radius 3 is 2.04 bits per heavy atom. The first-order valence-electron chi connectivity index (χ1n) is 8.49. The van der Waals surface area contributed by atoms with Crippen LogP contribution in [0.3, 0.4) is 0 Å². The van der Waals surface area contributed by atoms with Gasteiger partial charge in [0.15, 0.2) is 0 Å². The number of aliphatic carboxylic acids is 1. The molecule has 0 aromatic heterocycles. The zero-order valence-electron chi connectivity index (χ0n) is 15.2. The minimum absolute atomic E-state index is 0.116. The molecular formula is C15H29N5O6S. The van der Waals surface area contributed by atoms with E-state index in [4.69, 9.17) is 16.6 Å². The molecule has 0 aliphatic rings. The highest BCUT2D eigenvalue weighted by Crippen LogP contribution is 1.99. The molecule has 0 aromatic rings. The van der Waals surface area contributed by atoms with E-state index in [1.165, 1.54) is 6.92 Å². The lowest BCUT2D eigenvalue weighted by atomic mass is 10.1. The van der Waals surface area contributed by atoms with Crippen LogP contribution in [0.1, 0.15) is 26.2 Å². The maximum atomic E-state index is 12.2. The number of hydrogen-bond acceptors (Lipinski definition) is 8. The zero-order chi connectivity index (χ0) is 21.0. The number of carboxylic acid groups (broad SMARTS) is 1. The molecule has 0 radical (unpaired) electrons. The number of amides is 3. The van der Waals surface area contributed by atoms with Crippen LogP contribution >= 0.6 is 12.6 Å². The van der Waals surface area contributed by atoms with Crippen LogP contribution in [0.5, 0.6) is 0 Å². The summed E-state index contributed by atoms with van der Waals surface area (Å²) in [5, 5.41) is 25.0. The van der Waals surface area contributed by atoms with Crippen molar-refractivity contribution >= 4 is 36.3 Å². The van der Waals surface area contributed by atoms with Gasteiger partial charge in [-0.1, -0.05) is 6.42 Å². The van der Waals surface area contributed by atoms with Gasteiger partial charge in [-0.25, -0.2) is 0 Å². The van der Waals surface area contributed by atoms with E-state index in [-0.39, 0.29) is 5.75 Å². The molecule has 0 saturated heterocycles. The van der Waals surface area contributed by atoms with Crippen LogP contribution in [-0.2, 0) is 19.2 Å². The lowest BCUT2D eigenvalue weighted by Crippen LogP contribution is -2.58. The van der Waals surface area contributed by atoms with Crippen LogP contribution in [0, 0.1) is 0 Å². The predicted molar refractivity (Wildman–Crippen MR) is 101 cm³/mol. The highest BCUT2D eigenvalue weighted by atomic mass is 32.1. The van der Waals surface area contributed by atoms with Crippen LogP contribution in [0.4, 0.5) is 0 Å². The quantitative estimate of drug-likeness (QED) is 0.116. The van der Waals surface area contributed by atoms with E-state index < -0.39 is 54.5 Å². The molecule has 0 rings (SSSR count). The van der Waals surface area contributed by atoms with Crippen LogP contribution in [0.25, 0.3) is 0 Å². The second kappa shape index (κ2) is 13.3.